The fourth-order valence-corrected chi connectivity index (χ4v) is 5.46. The van der Waals surface area contributed by atoms with Crippen molar-refractivity contribution in [2.45, 2.75) is 36.9 Å². The average molecular weight is 472 g/mol. The van der Waals surface area contributed by atoms with Crippen LogP contribution in [0.4, 0.5) is 13.2 Å². The van der Waals surface area contributed by atoms with Gasteiger partial charge in [-0.3, -0.25) is 4.68 Å². The number of aromatic nitrogens is 2. The zero-order valence-electron chi connectivity index (χ0n) is 15.5. The summed E-state index contributed by atoms with van der Waals surface area (Å²) < 4.78 is 73.6. The second kappa shape index (κ2) is 7.98. The van der Waals surface area contributed by atoms with Crippen molar-refractivity contribution in [3.05, 3.63) is 39.6 Å². The second-order valence-electron chi connectivity index (χ2n) is 6.68. The monoisotopic (exact) mass is 471 g/mol. The maximum absolute atomic E-state index is 13.3. The number of rotatable bonds is 4. The maximum atomic E-state index is 13.3. The third-order valence-electron chi connectivity index (χ3n) is 4.73. The molecule has 0 radical (unpaired) electrons. The number of piperidine rings is 1. The van der Waals surface area contributed by atoms with E-state index in [0.29, 0.717) is 28.6 Å². The lowest BCUT2D eigenvalue weighted by atomic mass is 10.1. The number of nitrogens with zero attached hydrogens (tertiary/aromatic N) is 3. The van der Waals surface area contributed by atoms with Gasteiger partial charge in [-0.15, -0.1) is 0 Å². The predicted molar refractivity (Wildman–Crippen MR) is 102 cm³/mol. The van der Waals surface area contributed by atoms with E-state index in [1.165, 1.54) is 20.0 Å². The van der Waals surface area contributed by atoms with Gasteiger partial charge in [0.05, 0.1) is 10.7 Å². The lowest BCUT2D eigenvalue weighted by Crippen LogP contribution is -2.42. The van der Waals surface area contributed by atoms with E-state index >= 15 is 0 Å². The lowest BCUT2D eigenvalue weighted by Gasteiger charge is -2.31. The Morgan fingerprint density at radius 1 is 1.21 bits per heavy atom. The van der Waals surface area contributed by atoms with E-state index in [4.69, 9.17) is 27.9 Å². The van der Waals surface area contributed by atoms with Crippen LogP contribution in [0.5, 0.6) is 5.75 Å². The smallest absolute Gasteiger partial charge is 0.436 e. The molecule has 0 atom stereocenters. The molecule has 0 N–H and O–H groups in total. The van der Waals surface area contributed by atoms with Gasteiger partial charge >= 0.3 is 6.18 Å². The van der Waals surface area contributed by atoms with Crippen molar-refractivity contribution in [2.24, 2.45) is 7.05 Å². The fraction of sp³-hybridized carbons (Fsp3) is 0.471. The van der Waals surface area contributed by atoms with Crippen LogP contribution in [0.25, 0.3) is 0 Å². The van der Waals surface area contributed by atoms with Crippen molar-refractivity contribution in [3.63, 3.8) is 0 Å². The van der Waals surface area contributed by atoms with Crippen molar-refractivity contribution >= 4 is 33.2 Å². The van der Waals surface area contributed by atoms with Gasteiger partial charge in [0.1, 0.15) is 16.7 Å². The molecule has 29 heavy (non-hydrogen) atoms. The van der Waals surface area contributed by atoms with E-state index in [-0.39, 0.29) is 24.9 Å². The Bertz CT molecular complexity index is 1020. The van der Waals surface area contributed by atoms with Crippen LogP contribution in [-0.2, 0) is 23.2 Å². The fourth-order valence-electron chi connectivity index (χ4n) is 3.15. The molecule has 0 amide bonds. The molecule has 1 aromatic carbocycles. The molecule has 1 aromatic heterocycles. The van der Waals surface area contributed by atoms with Gasteiger partial charge in [-0.05, 0) is 38.0 Å². The Morgan fingerprint density at radius 2 is 1.83 bits per heavy atom. The van der Waals surface area contributed by atoms with Crippen molar-refractivity contribution in [2.75, 3.05) is 13.1 Å². The van der Waals surface area contributed by atoms with Gasteiger partial charge in [0.15, 0.2) is 5.69 Å². The van der Waals surface area contributed by atoms with Crippen LogP contribution in [-0.4, -0.2) is 41.7 Å². The summed E-state index contributed by atoms with van der Waals surface area (Å²) >= 11 is 11.9. The molecule has 1 aliphatic rings. The largest absolute Gasteiger partial charge is 0.489 e. The zero-order chi connectivity index (χ0) is 21.6. The normalized spacial score (nSPS) is 16.9. The maximum Gasteiger partial charge on any atom is 0.436 e. The Kier molecular flexibility index (Phi) is 6.11. The molecule has 0 saturated carbocycles. The summed E-state index contributed by atoms with van der Waals surface area (Å²) in [4.78, 5) is -0.799. The highest BCUT2D eigenvalue weighted by molar-refractivity contribution is 7.89. The number of hydrogen-bond donors (Lipinski definition) is 0. The molecule has 0 aliphatic carbocycles. The highest BCUT2D eigenvalue weighted by atomic mass is 35.5. The van der Waals surface area contributed by atoms with E-state index in [1.54, 1.807) is 12.1 Å². The second-order valence-corrected chi connectivity index (χ2v) is 9.40. The molecule has 160 valence electrons. The van der Waals surface area contributed by atoms with Crippen LogP contribution in [0.2, 0.25) is 10.0 Å². The van der Waals surface area contributed by atoms with Gasteiger partial charge in [0.25, 0.3) is 0 Å². The molecule has 6 nitrogen and oxygen atoms in total. The quantitative estimate of drug-likeness (QED) is 0.667. The number of halogens is 5. The van der Waals surface area contributed by atoms with Gasteiger partial charge in [-0.1, -0.05) is 23.2 Å². The first-order valence-corrected chi connectivity index (χ1v) is 10.8. The number of alkyl halides is 3. The summed E-state index contributed by atoms with van der Waals surface area (Å²) in [6.07, 6.45) is -4.59. The molecule has 0 spiro atoms. The summed E-state index contributed by atoms with van der Waals surface area (Å²) in [6.45, 7) is 1.33. The summed E-state index contributed by atoms with van der Waals surface area (Å²) in [5, 5.41) is 4.15. The van der Waals surface area contributed by atoms with Crippen molar-refractivity contribution in [1.82, 2.24) is 14.1 Å². The van der Waals surface area contributed by atoms with Crippen LogP contribution >= 0.6 is 23.2 Å². The Hall–Kier alpha value is -1.49. The van der Waals surface area contributed by atoms with Gasteiger partial charge in [-0.25, -0.2) is 8.42 Å². The van der Waals surface area contributed by atoms with Gasteiger partial charge < -0.3 is 4.74 Å². The molecular formula is C17H18Cl2F3N3O3S. The van der Waals surface area contributed by atoms with E-state index in [1.807, 2.05) is 0 Å². The Labute approximate surface area is 176 Å². The highest BCUT2D eigenvalue weighted by Gasteiger charge is 2.44. The van der Waals surface area contributed by atoms with Crippen LogP contribution in [0, 0.1) is 6.92 Å². The third kappa shape index (κ3) is 4.50. The first kappa shape index (κ1) is 22.2. The molecule has 0 bridgehead atoms. The van der Waals surface area contributed by atoms with Crippen LogP contribution in [0.1, 0.15) is 24.2 Å². The summed E-state index contributed by atoms with van der Waals surface area (Å²) in [5.41, 5.74) is -1.47. The number of hydrogen-bond acceptors (Lipinski definition) is 4. The molecule has 1 saturated heterocycles. The van der Waals surface area contributed by atoms with Crippen LogP contribution in [0.15, 0.2) is 23.1 Å². The predicted octanol–water partition coefficient (Wildman–Crippen LogP) is 4.29. The van der Waals surface area contributed by atoms with E-state index < -0.39 is 26.8 Å². The number of aryl methyl sites for hydroxylation is 1. The summed E-state index contributed by atoms with van der Waals surface area (Å²) in [5.74, 6) is 0.417. The van der Waals surface area contributed by atoms with E-state index in [9.17, 15) is 21.6 Å². The number of benzene rings is 1. The number of ether oxygens (including phenoxy) is 1. The average Bonchev–Trinajstić information content (AvgIpc) is 2.94. The van der Waals surface area contributed by atoms with Gasteiger partial charge in [-0.2, -0.15) is 22.6 Å². The zero-order valence-corrected chi connectivity index (χ0v) is 17.8. The van der Waals surface area contributed by atoms with Crippen molar-refractivity contribution in [1.29, 1.82) is 0 Å². The first-order chi connectivity index (χ1) is 13.4. The first-order valence-electron chi connectivity index (χ1n) is 8.64. The molecule has 3 rings (SSSR count). The lowest BCUT2D eigenvalue weighted by molar-refractivity contribution is -0.143. The molecule has 2 aromatic rings. The molecule has 0 unspecified atom stereocenters. The standard InChI is InChI=1S/C17H18Cl2F3N3O3S/c1-10-15(16(17(20,21)22)23-24(10)2)29(26,27)25-7-5-12(6-8-25)28-14-4-3-11(18)9-13(14)19/h3-4,9,12H,5-8H2,1-2H3. The molecule has 1 fully saturated rings. The Balaban J connectivity index is 1.77. The topological polar surface area (TPSA) is 64.4 Å². The minimum absolute atomic E-state index is 0.0177. The summed E-state index contributed by atoms with van der Waals surface area (Å²) in [6, 6.07) is 4.76. The molecular weight excluding hydrogens is 454 g/mol. The van der Waals surface area contributed by atoms with Crippen LogP contribution < -0.4 is 4.74 Å². The highest BCUT2D eigenvalue weighted by Crippen LogP contribution is 2.37. The van der Waals surface area contributed by atoms with Crippen molar-refractivity contribution in [3.8, 4) is 5.75 Å². The van der Waals surface area contributed by atoms with Gasteiger partial charge in [0.2, 0.25) is 10.0 Å². The van der Waals surface area contributed by atoms with E-state index in [2.05, 4.69) is 5.10 Å². The minimum Gasteiger partial charge on any atom is -0.489 e. The van der Waals surface area contributed by atoms with E-state index in [0.717, 1.165) is 8.99 Å². The minimum atomic E-state index is -4.87. The molecule has 12 heteroatoms. The third-order valence-corrected chi connectivity index (χ3v) is 7.31. The van der Waals surface area contributed by atoms with Crippen LogP contribution in [0.3, 0.4) is 0 Å². The Morgan fingerprint density at radius 3 is 2.38 bits per heavy atom. The molecule has 1 aliphatic heterocycles. The van der Waals surface area contributed by atoms with Gasteiger partial charge in [0, 0.05) is 25.2 Å². The summed E-state index contributed by atoms with van der Waals surface area (Å²) in [7, 11) is -3.09. The SMILES string of the molecule is Cc1c(S(=O)(=O)N2CCC(Oc3ccc(Cl)cc3Cl)CC2)c(C(F)(F)F)nn1C. The number of sulfonamides is 1. The molecule has 2 heterocycles. The van der Waals surface area contributed by atoms with Crippen molar-refractivity contribution < 1.29 is 26.3 Å².